The Balaban J connectivity index is 1.91. The lowest BCUT2D eigenvalue weighted by Gasteiger charge is -2.08. The summed E-state index contributed by atoms with van der Waals surface area (Å²) < 4.78 is 18.7. The van der Waals surface area contributed by atoms with Gasteiger partial charge in [0.25, 0.3) is 5.91 Å². The largest absolute Gasteiger partial charge is 0.494 e. The number of carbonyl (C=O) groups is 1. The molecule has 0 saturated carbocycles. The van der Waals surface area contributed by atoms with E-state index in [-0.39, 0.29) is 11.3 Å². The summed E-state index contributed by atoms with van der Waals surface area (Å²) in [4.78, 5) is 12.4. The number of nitrogens with zero attached hydrogens (tertiary/aromatic N) is 1. The molecule has 7 heteroatoms. The number of ether oxygens (including phenoxy) is 1. The number of hydrogen-bond donors (Lipinski definition) is 2. The zero-order valence-corrected chi connectivity index (χ0v) is 14.3. The van der Waals surface area contributed by atoms with Crippen LogP contribution in [0.4, 0.5) is 10.2 Å². The summed E-state index contributed by atoms with van der Waals surface area (Å²) in [7, 11) is 1.36. The van der Waals surface area contributed by atoms with Crippen molar-refractivity contribution in [2.24, 2.45) is 0 Å². The number of carbonyl (C=O) groups excluding carboxylic acids is 1. The molecular weight excluding hydrogens is 345 g/mol. The first kappa shape index (κ1) is 17.0. The van der Waals surface area contributed by atoms with E-state index < -0.39 is 11.7 Å². The van der Waals surface area contributed by atoms with E-state index in [4.69, 9.17) is 16.3 Å². The minimum Gasteiger partial charge on any atom is -0.494 e. The van der Waals surface area contributed by atoms with Crippen molar-refractivity contribution in [1.29, 1.82) is 0 Å². The first-order valence-electron chi connectivity index (χ1n) is 7.45. The topological polar surface area (TPSA) is 67.0 Å². The molecule has 5 nitrogen and oxygen atoms in total. The summed E-state index contributed by atoms with van der Waals surface area (Å²) in [6, 6.07) is 11.2. The van der Waals surface area contributed by atoms with Crippen LogP contribution in [0.25, 0.3) is 11.1 Å². The third kappa shape index (κ3) is 3.49. The van der Waals surface area contributed by atoms with Gasteiger partial charge in [0.2, 0.25) is 0 Å². The van der Waals surface area contributed by atoms with Crippen LogP contribution in [0.15, 0.2) is 42.5 Å². The molecule has 3 rings (SSSR count). The zero-order chi connectivity index (χ0) is 18.0. The zero-order valence-electron chi connectivity index (χ0n) is 13.6. The average Bonchev–Trinajstić information content (AvgIpc) is 2.95. The highest BCUT2D eigenvalue weighted by Crippen LogP contribution is 2.31. The number of hydrogen-bond acceptors (Lipinski definition) is 3. The van der Waals surface area contributed by atoms with Crippen molar-refractivity contribution in [1.82, 2.24) is 10.2 Å². The van der Waals surface area contributed by atoms with Crippen LogP contribution in [0.2, 0.25) is 5.02 Å². The lowest BCUT2D eigenvalue weighted by Crippen LogP contribution is -2.13. The highest BCUT2D eigenvalue weighted by molar-refractivity contribution is 6.30. The van der Waals surface area contributed by atoms with Gasteiger partial charge in [-0.15, -0.1) is 0 Å². The molecule has 0 unspecified atom stereocenters. The molecule has 0 bridgehead atoms. The molecule has 0 radical (unpaired) electrons. The molecule has 1 amide bonds. The quantitative estimate of drug-likeness (QED) is 0.723. The number of halogens is 2. The van der Waals surface area contributed by atoms with E-state index in [0.717, 1.165) is 22.9 Å². The molecule has 1 heterocycles. The fourth-order valence-corrected chi connectivity index (χ4v) is 2.69. The Labute approximate surface area is 148 Å². The number of anilines is 1. The molecule has 0 saturated heterocycles. The van der Waals surface area contributed by atoms with E-state index in [9.17, 15) is 9.18 Å². The molecule has 3 aromatic rings. The van der Waals surface area contributed by atoms with Crippen LogP contribution in [0, 0.1) is 12.7 Å². The first-order valence-corrected chi connectivity index (χ1v) is 7.83. The maximum atomic E-state index is 13.8. The normalized spacial score (nSPS) is 10.6. The van der Waals surface area contributed by atoms with Crippen molar-refractivity contribution < 1.29 is 13.9 Å². The monoisotopic (exact) mass is 359 g/mol. The predicted octanol–water partition coefficient (Wildman–Crippen LogP) is 4.44. The number of amides is 1. The summed E-state index contributed by atoms with van der Waals surface area (Å²) in [6.45, 7) is 1.84. The summed E-state index contributed by atoms with van der Waals surface area (Å²) in [6.07, 6.45) is 0. The minimum atomic E-state index is -0.608. The molecule has 0 aliphatic heterocycles. The summed E-state index contributed by atoms with van der Waals surface area (Å²) in [5.41, 5.74) is 2.48. The Morgan fingerprint density at radius 3 is 2.76 bits per heavy atom. The molecule has 25 heavy (non-hydrogen) atoms. The van der Waals surface area contributed by atoms with E-state index >= 15 is 0 Å². The third-order valence-electron chi connectivity index (χ3n) is 3.71. The molecule has 0 aliphatic carbocycles. The van der Waals surface area contributed by atoms with E-state index in [1.54, 1.807) is 12.1 Å². The van der Waals surface area contributed by atoms with Crippen LogP contribution in [0.3, 0.4) is 0 Å². The van der Waals surface area contributed by atoms with Crippen molar-refractivity contribution >= 4 is 23.3 Å². The van der Waals surface area contributed by atoms with Gasteiger partial charge in [-0.1, -0.05) is 23.7 Å². The smallest absolute Gasteiger partial charge is 0.256 e. The van der Waals surface area contributed by atoms with Gasteiger partial charge >= 0.3 is 0 Å². The fraction of sp³-hybridized carbons (Fsp3) is 0.111. The predicted molar refractivity (Wildman–Crippen MR) is 94.7 cm³/mol. The number of aromatic nitrogens is 2. The number of rotatable bonds is 4. The number of nitrogens with one attached hydrogen (secondary N) is 2. The van der Waals surface area contributed by atoms with Crippen molar-refractivity contribution in [3.63, 3.8) is 0 Å². The maximum absolute atomic E-state index is 13.8. The molecule has 0 aliphatic rings. The maximum Gasteiger partial charge on any atom is 0.256 e. The lowest BCUT2D eigenvalue weighted by molar-refractivity contribution is 0.102. The Hall–Kier alpha value is -2.86. The average molecular weight is 360 g/mol. The standard InChI is InChI=1S/C18H15ClFN3O2/c1-10-16(11-4-3-5-13(19)8-11)17(23-22-10)21-18(24)12-6-7-15(25-2)14(20)9-12/h3-9H,1-2H3,(H2,21,22,23,24). The van der Waals surface area contributed by atoms with Gasteiger partial charge in [0, 0.05) is 21.8 Å². The van der Waals surface area contributed by atoms with Crippen molar-refractivity contribution in [2.45, 2.75) is 6.92 Å². The van der Waals surface area contributed by atoms with Crippen molar-refractivity contribution in [2.75, 3.05) is 12.4 Å². The molecule has 0 spiro atoms. The van der Waals surface area contributed by atoms with Gasteiger partial charge in [-0.2, -0.15) is 5.10 Å². The van der Waals surface area contributed by atoms with Crippen LogP contribution in [-0.4, -0.2) is 23.2 Å². The third-order valence-corrected chi connectivity index (χ3v) is 3.94. The second-order valence-electron chi connectivity index (χ2n) is 5.39. The molecule has 2 N–H and O–H groups in total. The number of benzene rings is 2. The molecule has 1 aromatic heterocycles. The fourth-order valence-electron chi connectivity index (χ4n) is 2.50. The van der Waals surface area contributed by atoms with E-state index in [2.05, 4.69) is 15.5 Å². The highest BCUT2D eigenvalue weighted by Gasteiger charge is 2.17. The molecule has 0 fully saturated rings. The molecule has 128 valence electrons. The summed E-state index contributed by atoms with van der Waals surface area (Å²) >= 11 is 6.04. The van der Waals surface area contributed by atoms with Gasteiger partial charge < -0.3 is 10.1 Å². The molecule has 2 aromatic carbocycles. The lowest BCUT2D eigenvalue weighted by atomic mass is 10.1. The molecule has 0 atom stereocenters. The second kappa shape index (κ2) is 6.94. The SMILES string of the molecule is COc1ccc(C(=O)Nc2n[nH]c(C)c2-c2cccc(Cl)c2)cc1F. The Bertz CT molecular complexity index is 940. The van der Waals surface area contributed by atoms with Gasteiger partial charge in [-0.05, 0) is 42.8 Å². The van der Waals surface area contributed by atoms with Gasteiger partial charge in [-0.3, -0.25) is 9.89 Å². The van der Waals surface area contributed by atoms with Gasteiger partial charge in [0.15, 0.2) is 17.4 Å². The first-order chi connectivity index (χ1) is 12.0. The summed E-state index contributed by atoms with van der Waals surface area (Å²) in [5, 5.41) is 10.2. The number of H-pyrrole nitrogens is 1. The number of aromatic amines is 1. The second-order valence-corrected chi connectivity index (χ2v) is 5.82. The minimum absolute atomic E-state index is 0.0757. The van der Waals surface area contributed by atoms with Crippen LogP contribution >= 0.6 is 11.6 Å². The number of methoxy groups -OCH3 is 1. The van der Waals surface area contributed by atoms with Crippen molar-refractivity contribution in [3.05, 3.63) is 64.6 Å². The van der Waals surface area contributed by atoms with Crippen LogP contribution in [0.5, 0.6) is 5.75 Å². The van der Waals surface area contributed by atoms with Crippen molar-refractivity contribution in [3.8, 4) is 16.9 Å². The van der Waals surface area contributed by atoms with E-state index in [1.165, 1.54) is 19.2 Å². The highest BCUT2D eigenvalue weighted by atomic mass is 35.5. The Morgan fingerprint density at radius 2 is 2.08 bits per heavy atom. The van der Waals surface area contributed by atoms with E-state index in [0.29, 0.717) is 10.8 Å². The van der Waals surface area contributed by atoms with Gasteiger partial charge in [-0.25, -0.2) is 4.39 Å². The Morgan fingerprint density at radius 1 is 1.28 bits per heavy atom. The van der Waals surface area contributed by atoms with E-state index in [1.807, 2.05) is 19.1 Å². The van der Waals surface area contributed by atoms with Gasteiger partial charge in [0.05, 0.1) is 7.11 Å². The summed E-state index contributed by atoms with van der Waals surface area (Å²) in [5.74, 6) is -0.660. The van der Waals surface area contributed by atoms with Gasteiger partial charge in [0.1, 0.15) is 0 Å². The Kier molecular flexibility index (Phi) is 4.72. The molecular formula is C18H15ClFN3O2. The number of aryl methyl sites for hydroxylation is 1. The van der Waals surface area contributed by atoms with Crippen LogP contribution in [-0.2, 0) is 0 Å². The van der Waals surface area contributed by atoms with Crippen LogP contribution < -0.4 is 10.1 Å². The van der Waals surface area contributed by atoms with Crippen LogP contribution in [0.1, 0.15) is 16.1 Å².